The zero-order valence-corrected chi connectivity index (χ0v) is 11.7. The fourth-order valence-electron chi connectivity index (χ4n) is 2.22. The first-order valence-electron chi connectivity index (χ1n) is 6.54. The predicted octanol–water partition coefficient (Wildman–Crippen LogP) is 3.10. The molecule has 4 heteroatoms. The van der Waals surface area contributed by atoms with E-state index in [0.29, 0.717) is 0 Å². The number of rotatable bonds is 5. The van der Waals surface area contributed by atoms with E-state index in [-0.39, 0.29) is 18.8 Å². The lowest BCUT2D eigenvalue weighted by molar-refractivity contribution is -0.137. The first kappa shape index (κ1) is 14.8. The number of hydrogen-bond donors (Lipinski definition) is 2. The highest BCUT2D eigenvalue weighted by atomic mass is 35.5. The molecule has 0 fully saturated rings. The van der Waals surface area contributed by atoms with Gasteiger partial charge in [-0.15, -0.1) is 11.6 Å². The van der Waals surface area contributed by atoms with Crippen LogP contribution in [0.4, 0.5) is 0 Å². The number of halogens is 1. The molecule has 0 heterocycles. The number of benzene rings is 1. The number of carbonyl (C=O) groups is 1. The lowest BCUT2D eigenvalue weighted by Gasteiger charge is -2.29. The van der Waals surface area contributed by atoms with Crippen molar-refractivity contribution in [1.82, 2.24) is 0 Å². The second-order valence-electron chi connectivity index (χ2n) is 4.93. The van der Waals surface area contributed by atoms with Crippen molar-refractivity contribution in [3.63, 3.8) is 0 Å². The molecule has 1 atom stereocenters. The summed E-state index contributed by atoms with van der Waals surface area (Å²) in [5, 5.41) is 18.7. The number of carboxylic acids is 1. The van der Waals surface area contributed by atoms with Gasteiger partial charge >= 0.3 is 5.97 Å². The summed E-state index contributed by atoms with van der Waals surface area (Å²) in [6, 6.07) is 9.96. The number of allylic oxidation sites excluding steroid dienone is 2. The van der Waals surface area contributed by atoms with Crippen LogP contribution in [0.25, 0.3) is 0 Å². The maximum Gasteiger partial charge on any atom is 0.303 e. The van der Waals surface area contributed by atoms with Gasteiger partial charge in [-0.05, 0) is 12.0 Å². The zero-order chi connectivity index (χ0) is 14.6. The molecule has 106 valence electrons. The largest absolute Gasteiger partial charge is 0.481 e. The fraction of sp³-hybridized carbons (Fsp3) is 0.312. The highest BCUT2D eigenvalue weighted by molar-refractivity contribution is 6.27. The maximum atomic E-state index is 10.5. The van der Waals surface area contributed by atoms with Crippen LogP contribution in [0.3, 0.4) is 0 Å². The molecular formula is C16H17ClO3. The summed E-state index contributed by atoms with van der Waals surface area (Å²) >= 11 is 6.35. The summed E-state index contributed by atoms with van der Waals surface area (Å²) in [6.45, 7) is 0. The third-order valence-corrected chi connectivity index (χ3v) is 3.95. The van der Waals surface area contributed by atoms with Gasteiger partial charge in [0, 0.05) is 12.3 Å². The van der Waals surface area contributed by atoms with Crippen LogP contribution in [0.2, 0.25) is 0 Å². The van der Waals surface area contributed by atoms with Crippen LogP contribution in [0, 0.1) is 0 Å². The molecule has 1 aliphatic rings. The average molecular weight is 293 g/mol. The summed E-state index contributed by atoms with van der Waals surface area (Å²) in [6.07, 6.45) is 6.49. The summed E-state index contributed by atoms with van der Waals surface area (Å²) in [5.74, 6) is -0.801. The van der Waals surface area contributed by atoms with E-state index in [4.69, 9.17) is 16.7 Å². The highest BCUT2D eigenvalue weighted by Gasteiger charge is 2.33. The molecule has 20 heavy (non-hydrogen) atoms. The Balaban J connectivity index is 2.04. The van der Waals surface area contributed by atoms with Gasteiger partial charge < -0.3 is 10.2 Å². The Kier molecular flexibility index (Phi) is 4.63. The molecule has 0 bridgehead atoms. The molecule has 0 amide bonds. The molecule has 1 unspecified atom stereocenters. The number of aliphatic hydroxyl groups is 1. The third-order valence-electron chi connectivity index (χ3n) is 3.44. The standard InChI is InChI=1S/C16H17ClO3/c17-16(14(18)6-7-15(19)20)10-8-13(9-11-16)12-4-2-1-3-5-12/h1-5,8-11,13-14,18H,6-7H2,(H,19,20). The van der Waals surface area contributed by atoms with Gasteiger partial charge in [-0.3, -0.25) is 4.79 Å². The minimum absolute atomic E-state index is 0.0978. The van der Waals surface area contributed by atoms with Gasteiger partial charge in [-0.25, -0.2) is 0 Å². The Morgan fingerprint density at radius 1 is 1.25 bits per heavy atom. The minimum atomic E-state index is -1.01. The van der Waals surface area contributed by atoms with Gasteiger partial charge in [0.25, 0.3) is 0 Å². The van der Waals surface area contributed by atoms with Crippen LogP contribution in [0.1, 0.15) is 24.3 Å². The highest BCUT2D eigenvalue weighted by Crippen LogP contribution is 2.34. The number of aliphatic hydroxyl groups excluding tert-OH is 1. The monoisotopic (exact) mass is 292 g/mol. The smallest absolute Gasteiger partial charge is 0.303 e. The Bertz CT molecular complexity index is 508. The molecule has 0 radical (unpaired) electrons. The van der Waals surface area contributed by atoms with Gasteiger partial charge in [0.2, 0.25) is 0 Å². The van der Waals surface area contributed by atoms with Crippen molar-refractivity contribution < 1.29 is 15.0 Å². The van der Waals surface area contributed by atoms with Crippen molar-refractivity contribution in [2.45, 2.75) is 29.7 Å². The van der Waals surface area contributed by atoms with Crippen molar-refractivity contribution in [1.29, 1.82) is 0 Å². The van der Waals surface area contributed by atoms with Gasteiger partial charge in [0.15, 0.2) is 0 Å². The van der Waals surface area contributed by atoms with E-state index in [0.717, 1.165) is 5.56 Å². The van der Waals surface area contributed by atoms with Crippen molar-refractivity contribution in [2.75, 3.05) is 0 Å². The number of carboxylic acid groups (broad SMARTS) is 1. The van der Waals surface area contributed by atoms with E-state index in [2.05, 4.69) is 0 Å². The molecule has 3 nitrogen and oxygen atoms in total. The van der Waals surface area contributed by atoms with Crippen molar-refractivity contribution in [2.24, 2.45) is 0 Å². The molecule has 1 aromatic carbocycles. The second-order valence-corrected chi connectivity index (χ2v) is 5.58. The van der Waals surface area contributed by atoms with Crippen LogP contribution in [0.15, 0.2) is 54.6 Å². The zero-order valence-electron chi connectivity index (χ0n) is 10.9. The summed E-state index contributed by atoms with van der Waals surface area (Å²) in [7, 11) is 0. The van der Waals surface area contributed by atoms with E-state index in [9.17, 15) is 9.90 Å². The first-order valence-corrected chi connectivity index (χ1v) is 6.91. The molecule has 1 aromatic rings. The van der Waals surface area contributed by atoms with Gasteiger partial charge in [-0.2, -0.15) is 0 Å². The third kappa shape index (κ3) is 3.50. The van der Waals surface area contributed by atoms with E-state index in [1.54, 1.807) is 12.2 Å². The lowest BCUT2D eigenvalue weighted by atomic mass is 9.86. The van der Waals surface area contributed by atoms with E-state index >= 15 is 0 Å². The molecule has 2 N–H and O–H groups in total. The Hall–Kier alpha value is -1.58. The topological polar surface area (TPSA) is 57.5 Å². The molecule has 0 saturated carbocycles. The quantitative estimate of drug-likeness (QED) is 0.648. The summed E-state index contributed by atoms with van der Waals surface area (Å²) in [5.41, 5.74) is 1.15. The van der Waals surface area contributed by atoms with Crippen LogP contribution < -0.4 is 0 Å². The van der Waals surface area contributed by atoms with E-state index < -0.39 is 16.9 Å². The van der Waals surface area contributed by atoms with Crippen LogP contribution >= 0.6 is 11.6 Å². The van der Waals surface area contributed by atoms with Crippen LogP contribution in [-0.4, -0.2) is 27.2 Å². The lowest BCUT2D eigenvalue weighted by Crippen LogP contribution is -2.34. The Morgan fingerprint density at radius 2 is 1.85 bits per heavy atom. The number of aliphatic carboxylic acids is 1. The Labute approximate surface area is 123 Å². The second kappa shape index (κ2) is 6.25. The van der Waals surface area contributed by atoms with Gasteiger partial charge in [0.05, 0.1) is 6.10 Å². The number of hydrogen-bond acceptors (Lipinski definition) is 2. The van der Waals surface area contributed by atoms with E-state index in [1.165, 1.54) is 0 Å². The molecular weight excluding hydrogens is 276 g/mol. The maximum absolute atomic E-state index is 10.5. The van der Waals surface area contributed by atoms with Gasteiger partial charge in [-0.1, -0.05) is 54.6 Å². The molecule has 0 aliphatic heterocycles. The van der Waals surface area contributed by atoms with Crippen molar-refractivity contribution in [3.05, 3.63) is 60.2 Å². The SMILES string of the molecule is O=C(O)CCC(O)C1(Cl)C=CC(c2ccccc2)C=C1. The molecule has 0 saturated heterocycles. The van der Waals surface area contributed by atoms with E-state index in [1.807, 2.05) is 42.5 Å². The number of alkyl halides is 1. The molecule has 2 rings (SSSR count). The summed E-state index contributed by atoms with van der Waals surface area (Å²) in [4.78, 5) is 9.52. The predicted molar refractivity (Wildman–Crippen MR) is 78.9 cm³/mol. The van der Waals surface area contributed by atoms with Crippen LogP contribution in [-0.2, 0) is 4.79 Å². The summed E-state index contributed by atoms with van der Waals surface area (Å²) < 4.78 is 0. The minimum Gasteiger partial charge on any atom is -0.481 e. The van der Waals surface area contributed by atoms with Crippen LogP contribution in [0.5, 0.6) is 0 Å². The van der Waals surface area contributed by atoms with Gasteiger partial charge in [0.1, 0.15) is 4.87 Å². The fourth-order valence-corrected chi connectivity index (χ4v) is 2.48. The average Bonchev–Trinajstić information content (AvgIpc) is 2.46. The Morgan fingerprint density at radius 3 is 2.40 bits per heavy atom. The first-order chi connectivity index (χ1) is 9.51. The van der Waals surface area contributed by atoms with Crippen molar-refractivity contribution >= 4 is 17.6 Å². The normalized spacial score (nSPS) is 26.4. The van der Waals surface area contributed by atoms with Crippen molar-refractivity contribution in [3.8, 4) is 0 Å². The molecule has 0 aromatic heterocycles. The molecule has 0 spiro atoms. The molecule has 1 aliphatic carbocycles.